The highest BCUT2D eigenvalue weighted by molar-refractivity contribution is 5.15. The Morgan fingerprint density at radius 2 is 2.07 bits per heavy atom. The fourth-order valence-corrected chi connectivity index (χ4v) is 2.95. The molecule has 0 spiro atoms. The van der Waals surface area contributed by atoms with Crippen LogP contribution in [0.15, 0.2) is 30.3 Å². The van der Waals surface area contributed by atoms with Gasteiger partial charge in [-0.15, -0.1) is 0 Å². The van der Waals surface area contributed by atoms with Gasteiger partial charge in [-0.1, -0.05) is 30.3 Å². The predicted molar refractivity (Wildman–Crippen MR) is 61.6 cm³/mol. The Bertz CT molecular complexity index is 323. The van der Waals surface area contributed by atoms with Crippen LogP contribution >= 0.6 is 0 Å². The van der Waals surface area contributed by atoms with Crippen LogP contribution in [0.5, 0.6) is 0 Å². The topological polar surface area (TPSA) is 15.3 Å². The molecule has 2 atom stereocenters. The van der Waals surface area contributed by atoms with Gasteiger partial charge in [-0.25, -0.2) is 0 Å². The summed E-state index contributed by atoms with van der Waals surface area (Å²) in [6.45, 7) is 4.84. The van der Waals surface area contributed by atoms with Gasteiger partial charge in [0.05, 0.1) is 0 Å². The summed E-state index contributed by atoms with van der Waals surface area (Å²) in [5, 5.41) is 3.50. The minimum atomic E-state index is 0.796. The summed E-state index contributed by atoms with van der Waals surface area (Å²) < 4.78 is 0. The van der Waals surface area contributed by atoms with Crippen LogP contribution in [0.2, 0.25) is 0 Å². The van der Waals surface area contributed by atoms with Crippen molar-refractivity contribution in [3.05, 3.63) is 35.9 Å². The van der Waals surface area contributed by atoms with E-state index in [1.807, 2.05) is 0 Å². The van der Waals surface area contributed by atoms with Crippen molar-refractivity contribution >= 4 is 0 Å². The molecule has 2 heterocycles. The molecule has 15 heavy (non-hydrogen) atoms. The van der Waals surface area contributed by atoms with Crippen LogP contribution in [0.3, 0.4) is 0 Å². The molecule has 2 nitrogen and oxygen atoms in total. The third kappa shape index (κ3) is 1.80. The smallest absolute Gasteiger partial charge is 0.0264 e. The van der Waals surface area contributed by atoms with Crippen molar-refractivity contribution < 1.29 is 0 Å². The third-order valence-electron chi connectivity index (χ3n) is 3.79. The second-order valence-corrected chi connectivity index (χ2v) is 4.73. The zero-order valence-corrected chi connectivity index (χ0v) is 9.02. The number of hydrogen-bond acceptors (Lipinski definition) is 2. The summed E-state index contributed by atoms with van der Waals surface area (Å²) >= 11 is 0. The van der Waals surface area contributed by atoms with Gasteiger partial charge in [0.25, 0.3) is 0 Å². The van der Waals surface area contributed by atoms with Crippen LogP contribution in [-0.2, 0) is 6.54 Å². The van der Waals surface area contributed by atoms with E-state index in [0.29, 0.717) is 0 Å². The third-order valence-corrected chi connectivity index (χ3v) is 3.79. The number of nitrogens with zero attached hydrogens (tertiary/aromatic N) is 1. The summed E-state index contributed by atoms with van der Waals surface area (Å²) in [6, 6.07) is 11.6. The maximum Gasteiger partial charge on any atom is 0.0264 e. The average molecular weight is 202 g/mol. The molecule has 2 aliphatic rings. The first-order valence-electron chi connectivity index (χ1n) is 5.92. The zero-order chi connectivity index (χ0) is 10.1. The summed E-state index contributed by atoms with van der Waals surface area (Å²) in [6.07, 6.45) is 1.38. The maximum atomic E-state index is 3.50. The lowest BCUT2D eigenvalue weighted by Gasteiger charge is -2.22. The van der Waals surface area contributed by atoms with Crippen LogP contribution in [-0.4, -0.2) is 30.6 Å². The van der Waals surface area contributed by atoms with Crippen molar-refractivity contribution in [2.75, 3.05) is 19.6 Å². The van der Waals surface area contributed by atoms with Crippen molar-refractivity contribution in [2.45, 2.75) is 19.0 Å². The Labute approximate surface area is 91.3 Å². The Morgan fingerprint density at radius 1 is 1.20 bits per heavy atom. The Hall–Kier alpha value is -0.860. The van der Waals surface area contributed by atoms with Gasteiger partial charge < -0.3 is 5.32 Å². The van der Waals surface area contributed by atoms with Gasteiger partial charge in [0.2, 0.25) is 0 Å². The number of nitrogens with one attached hydrogen (secondary N) is 1. The first kappa shape index (κ1) is 9.37. The number of hydrogen-bond donors (Lipinski definition) is 1. The SMILES string of the molecule is c1ccc(CN2CC[C@H]3CNCC32)cc1. The van der Waals surface area contributed by atoms with Crippen LogP contribution in [0.4, 0.5) is 0 Å². The van der Waals surface area contributed by atoms with E-state index < -0.39 is 0 Å². The van der Waals surface area contributed by atoms with Gasteiger partial charge >= 0.3 is 0 Å². The Kier molecular flexibility index (Phi) is 2.47. The molecular weight excluding hydrogens is 184 g/mol. The number of benzene rings is 1. The molecule has 0 amide bonds. The maximum absolute atomic E-state index is 3.50. The zero-order valence-electron chi connectivity index (χ0n) is 9.02. The number of fused-ring (bicyclic) bond motifs is 1. The molecule has 3 rings (SSSR count). The molecule has 2 saturated heterocycles. The predicted octanol–water partition coefficient (Wildman–Crippen LogP) is 1.48. The van der Waals surface area contributed by atoms with Gasteiger partial charge in [0, 0.05) is 19.1 Å². The second-order valence-electron chi connectivity index (χ2n) is 4.73. The largest absolute Gasteiger partial charge is 0.315 e. The quantitative estimate of drug-likeness (QED) is 0.781. The first-order chi connectivity index (χ1) is 7.43. The van der Waals surface area contributed by atoms with Gasteiger partial charge in [-0.05, 0) is 31.0 Å². The molecule has 0 bridgehead atoms. The van der Waals surface area contributed by atoms with Crippen LogP contribution < -0.4 is 5.32 Å². The molecule has 2 aliphatic heterocycles. The minimum absolute atomic E-state index is 0.796. The van der Waals surface area contributed by atoms with E-state index in [9.17, 15) is 0 Å². The van der Waals surface area contributed by atoms with Crippen molar-refractivity contribution in [2.24, 2.45) is 5.92 Å². The highest BCUT2D eigenvalue weighted by Gasteiger charge is 2.36. The van der Waals surface area contributed by atoms with Crippen molar-refractivity contribution in [1.29, 1.82) is 0 Å². The van der Waals surface area contributed by atoms with E-state index in [4.69, 9.17) is 0 Å². The highest BCUT2D eigenvalue weighted by Crippen LogP contribution is 2.28. The van der Waals surface area contributed by atoms with Crippen molar-refractivity contribution in [3.63, 3.8) is 0 Å². The van der Waals surface area contributed by atoms with E-state index in [2.05, 4.69) is 40.5 Å². The van der Waals surface area contributed by atoms with Crippen molar-refractivity contribution in [1.82, 2.24) is 10.2 Å². The van der Waals surface area contributed by atoms with E-state index in [0.717, 1.165) is 18.5 Å². The van der Waals surface area contributed by atoms with Gasteiger partial charge in [0.1, 0.15) is 0 Å². The summed E-state index contributed by atoms with van der Waals surface area (Å²) in [4.78, 5) is 2.64. The fraction of sp³-hybridized carbons (Fsp3) is 0.538. The lowest BCUT2D eigenvalue weighted by Crippen LogP contribution is -2.33. The normalized spacial score (nSPS) is 30.7. The number of rotatable bonds is 2. The van der Waals surface area contributed by atoms with Gasteiger partial charge in [-0.2, -0.15) is 0 Å². The van der Waals surface area contributed by atoms with Crippen LogP contribution in [0.1, 0.15) is 12.0 Å². The van der Waals surface area contributed by atoms with Crippen LogP contribution in [0, 0.1) is 5.92 Å². The molecule has 2 heteroatoms. The Morgan fingerprint density at radius 3 is 2.93 bits per heavy atom. The molecule has 80 valence electrons. The summed E-state index contributed by atoms with van der Waals surface area (Å²) in [5.41, 5.74) is 1.45. The molecule has 1 unspecified atom stereocenters. The molecule has 1 aromatic carbocycles. The van der Waals surface area contributed by atoms with E-state index in [1.165, 1.54) is 31.6 Å². The molecule has 0 radical (unpaired) electrons. The standard InChI is InChI=1S/C13H18N2/c1-2-4-11(5-3-1)10-15-7-6-12-8-14-9-13(12)15/h1-5,12-14H,6-10H2/t12-,13?/m0/s1. The molecule has 2 fully saturated rings. The lowest BCUT2D eigenvalue weighted by molar-refractivity contribution is 0.244. The summed E-state index contributed by atoms with van der Waals surface area (Å²) in [5.74, 6) is 0.911. The number of likely N-dealkylation sites (tertiary alicyclic amines) is 1. The molecule has 1 N–H and O–H groups in total. The van der Waals surface area contributed by atoms with E-state index in [-0.39, 0.29) is 0 Å². The van der Waals surface area contributed by atoms with E-state index in [1.54, 1.807) is 0 Å². The van der Waals surface area contributed by atoms with Gasteiger partial charge in [-0.3, -0.25) is 4.90 Å². The molecule has 0 aliphatic carbocycles. The Balaban J connectivity index is 1.69. The molecular formula is C13H18N2. The molecule has 0 saturated carbocycles. The average Bonchev–Trinajstić information content (AvgIpc) is 2.85. The molecule has 1 aromatic rings. The molecule has 0 aromatic heterocycles. The minimum Gasteiger partial charge on any atom is -0.315 e. The lowest BCUT2D eigenvalue weighted by atomic mass is 10.1. The monoisotopic (exact) mass is 202 g/mol. The van der Waals surface area contributed by atoms with Gasteiger partial charge in [0.15, 0.2) is 0 Å². The van der Waals surface area contributed by atoms with Crippen molar-refractivity contribution in [3.8, 4) is 0 Å². The first-order valence-corrected chi connectivity index (χ1v) is 5.92. The fourth-order valence-electron chi connectivity index (χ4n) is 2.95. The second kappa shape index (κ2) is 3.95. The summed E-state index contributed by atoms with van der Waals surface area (Å²) in [7, 11) is 0. The van der Waals surface area contributed by atoms with E-state index >= 15 is 0 Å². The highest BCUT2D eigenvalue weighted by atomic mass is 15.2. The van der Waals surface area contributed by atoms with Crippen LogP contribution in [0.25, 0.3) is 0 Å².